The zero-order valence-corrected chi connectivity index (χ0v) is 16.6. The molecular formula is C21H22Cl2N2O2. The highest BCUT2D eigenvalue weighted by atomic mass is 35.5. The second kappa shape index (κ2) is 7.61. The average molecular weight is 405 g/mol. The molecule has 1 aliphatic carbocycles. The molecule has 1 aliphatic heterocycles. The minimum atomic E-state index is 0.0275. The molecule has 1 saturated carbocycles. The molecule has 2 aliphatic rings. The summed E-state index contributed by atoms with van der Waals surface area (Å²) >= 11 is 12.4. The third-order valence-electron chi connectivity index (χ3n) is 5.45. The van der Waals surface area contributed by atoms with E-state index in [-0.39, 0.29) is 23.8 Å². The molecule has 0 bridgehead atoms. The van der Waals surface area contributed by atoms with Crippen molar-refractivity contribution in [3.8, 4) is 5.75 Å². The Balaban J connectivity index is 1.36. The van der Waals surface area contributed by atoms with Gasteiger partial charge in [-0.3, -0.25) is 4.79 Å². The van der Waals surface area contributed by atoms with Crippen molar-refractivity contribution in [2.75, 3.05) is 25.1 Å². The van der Waals surface area contributed by atoms with Crippen LogP contribution in [0.4, 0.5) is 5.69 Å². The molecule has 1 saturated heterocycles. The molecule has 0 radical (unpaired) electrons. The van der Waals surface area contributed by atoms with Gasteiger partial charge in [-0.15, -0.1) is 0 Å². The number of carbonyl (C=O) groups excluding carboxylic acids is 1. The monoisotopic (exact) mass is 404 g/mol. The smallest absolute Gasteiger partial charge is 0.224 e. The standard InChI is InChI=1S/C21H22Cl2N2O2/c1-27-20-7-6-13(22)10-19(20)25-9-8-14(12-25)24-21(26)17-11-16(17)15-4-2-3-5-18(15)23/h2-7,10,14,16-17H,8-9,11-12H2,1H3,(H,24,26). The van der Waals surface area contributed by atoms with Crippen LogP contribution in [0, 0.1) is 5.92 Å². The highest BCUT2D eigenvalue weighted by molar-refractivity contribution is 6.31. The van der Waals surface area contributed by atoms with E-state index in [1.165, 1.54) is 0 Å². The maximum absolute atomic E-state index is 12.7. The van der Waals surface area contributed by atoms with Gasteiger partial charge in [-0.1, -0.05) is 41.4 Å². The summed E-state index contributed by atoms with van der Waals surface area (Å²) in [5.74, 6) is 1.20. The second-order valence-electron chi connectivity index (χ2n) is 7.23. The first-order valence-corrected chi connectivity index (χ1v) is 9.95. The summed E-state index contributed by atoms with van der Waals surface area (Å²) in [5.41, 5.74) is 2.05. The fourth-order valence-corrected chi connectivity index (χ4v) is 4.36. The number of anilines is 1. The quantitative estimate of drug-likeness (QED) is 0.797. The van der Waals surface area contributed by atoms with E-state index in [0.717, 1.165) is 48.0 Å². The van der Waals surface area contributed by atoms with E-state index in [1.54, 1.807) is 7.11 Å². The van der Waals surface area contributed by atoms with Crippen LogP contribution in [0.3, 0.4) is 0 Å². The Morgan fingerprint density at radius 1 is 1.22 bits per heavy atom. The lowest BCUT2D eigenvalue weighted by atomic mass is 10.1. The molecule has 1 heterocycles. The maximum Gasteiger partial charge on any atom is 0.224 e. The van der Waals surface area contributed by atoms with Gasteiger partial charge in [0.15, 0.2) is 0 Å². The predicted molar refractivity (Wildman–Crippen MR) is 109 cm³/mol. The van der Waals surface area contributed by atoms with E-state index >= 15 is 0 Å². The number of carbonyl (C=O) groups is 1. The molecule has 6 heteroatoms. The summed E-state index contributed by atoms with van der Waals surface area (Å²) in [6.07, 6.45) is 1.78. The molecule has 27 heavy (non-hydrogen) atoms. The molecular weight excluding hydrogens is 383 g/mol. The van der Waals surface area contributed by atoms with Gasteiger partial charge in [0.2, 0.25) is 5.91 Å². The number of nitrogens with zero attached hydrogens (tertiary/aromatic N) is 1. The lowest BCUT2D eigenvalue weighted by Crippen LogP contribution is -2.38. The molecule has 2 aromatic rings. The Labute approximate surface area is 169 Å². The van der Waals surface area contributed by atoms with E-state index in [9.17, 15) is 4.79 Å². The molecule has 2 aromatic carbocycles. The number of rotatable bonds is 5. The number of nitrogens with one attached hydrogen (secondary N) is 1. The highest BCUT2D eigenvalue weighted by Gasteiger charge is 2.45. The number of benzene rings is 2. The van der Waals surface area contributed by atoms with Crippen LogP contribution in [-0.2, 0) is 4.79 Å². The highest BCUT2D eigenvalue weighted by Crippen LogP contribution is 2.49. The fraction of sp³-hybridized carbons (Fsp3) is 0.381. The van der Waals surface area contributed by atoms with Crippen molar-refractivity contribution in [1.82, 2.24) is 5.32 Å². The second-order valence-corrected chi connectivity index (χ2v) is 8.07. The van der Waals surface area contributed by atoms with Gasteiger partial charge in [0.1, 0.15) is 5.75 Å². The Morgan fingerprint density at radius 3 is 2.81 bits per heavy atom. The van der Waals surface area contributed by atoms with Crippen LogP contribution in [0.15, 0.2) is 42.5 Å². The third kappa shape index (κ3) is 3.87. The summed E-state index contributed by atoms with van der Waals surface area (Å²) in [7, 11) is 1.66. The normalized spacial score (nSPS) is 24.0. The molecule has 3 atom stereocenters. The first-order valence-electron chi connectivity index (χ1n) is 9.20. The van der Waals surface area contributed by atoms with E-state index in [1.807, 2.05) is 42.5 Å². The Bertz CT molecular complexity index is 858. The Morgan fingerprint density at radius 2 is 2.04 bits per heavy atom. The molecule has 4 nitrogen and oxygen atoms in total. The van der Waals surface area contributed by atoms with E-state index in [2.05, 4.69) is 10.2 Å². The predicted octanol–water partition coefficient (Wildman–Crippen LogP) is 4.50. The van der Waals surface area contributed by atoms with E-state index in [4.69, 9.17) is 27.9 Å². The van der Waals surface area contributed by atoms with Crippen LogP contribution in [0.5, 0.6) is 5.75 Å². The summed E-state index contributed by atoms with van der Waals surface area (Å²) < 4.78 is 5.45. The summed E-state index contributed by atoms with van der Waals surface area (Å²) in [6, 6.07) is 13.5. The van der Waals surface area contributed by atoms with E-state index in [0.29, 0.717) is 5.02 Å². The lowest BCUT2D eigenvalue weighted by molar-refractivity contribution is -0.123. The van der Waals surface area contributed by atoms with Crippen molar-refractivity contribution in [1.29, 1.82) is 0 Å². The van der Waals surface area contributed by atoms with Crippen molar-refractivity contribution >= 4 is 34.8 Å². The van der Waals surface area contributed by atoms with Crippen molar-refractivity contribution < 1.29 is 9.53 Å². The molecule has 0 spiro atoms. The molecule has 142 valence electrons. The maximum atomic E-state index is 12.7. The first kappa shape index (κ1) is 18.5. The number of hydrogen-bond acceptors (Lipinski definition) is 3. The Kier molecular flexibility index (Phi) is 5.20. The number of amides is 1. The van der Waals surface area contributed by atoms with Crippen LogP contribution in [-0.4, -0.2) is 32.1 Å². The van der Waals surface area contributed by atoms with Gasteiger partial charge in [0.25, 0.3) is 0 Å². The minimum absolute atomic E-state index is 0.0275. The largest absolute Gasteiger partial charge is 0.495 e. The summed E-state index contributed by atoms with van der Waals surface area (Å²) in [4.78, 5) is 14.9. The number of hydrogen-bond donors (Lipinski definition) is 1. The van der Waals surface area contributed by atoms with Crippen LogP contribution < -0.4 is 15.0 Å². The van der Waals surface area contributed by atoms with Crippen LogP contribution in [0.2, 0.25) is 10.0 Å². The van der Waals surface area contributed by atoms with Gasteiger partial charge in [-0.25, -0.2) is 0 Å². The molecule has 0 aromatic heterocycles. The molecule has 3 unspecified atom stereocenters. The van der Waals surface area contributed by atoms with Gasteiger partial charge in [-0.05, 0) is 48.6 Å². The lowest BCUT2D eigenvalue weighted by Gasteiger charge is -2.21. The van der Waals surface area contributed by atoms with Crippen molar-refractivity contribution in [2.45, 2.75) is 24.8 Å². The van der Waals surface area contributed by atoms with E-state index < -0.39 is 0 Å². The van der Waals surface area contributed by atoms with Crippen LogP contribution in [0.1, 0.15) is 24.3 Å². The fourth-order valence-electron chi connectivity index (χ4n) is 3.92. The molecule has 4 rings (SSSR count). The van der Waals surface area contributed by atoms with Crippen molar-refractivity contribution in [2.24, 2.45) is 5.92 Å². The zero-order valence-electron chi connectivity index (χ0n) is 15.1. The van der Waals surface area contributed by atoms with Gasteiger partial charge < -0.3 is 15.0 Å². The summed E-state index contributed by atoms with van der Waals surface area (Å²) in [5, 5.41) is 4.64. The van der Waals surface area contributed by atoms with Gasteiger partial charge in [0, 0.05) is 35.1 Å². The minimum Gasteiger partial charge on any atom is -0.495 e. The van der Waals surface area contributed by atoms with Crippen molar-refractivity contribution in [3.63, 3.8) is 0 Å². The topological polar surface area (TPSA) is 41.6 Å². The molecule has 2 fully saturated rings. The van der Waals surface area contributed by atoms with Crippen molar-refractivity contribution in [3.05, 3.63) is 58.1 Å². The molecule has 1 amide bonds. The SMILES string of the molecule is COc1ccc(Cl)cc1N1CCC(NC(=O)C2CC2c2ccccc2Cl)C1. The van der Waals surface area contributed by atoms with Crippen LogP contribution in [0.25, 0.3) is 0 Å². The summed E-state index contributed by atoms with van der Waals surface area (Å²) in [6.45, 7) is 1.62. The van der Waals surface area contributed by atoms with Gasteiger partial charge in [0.05, 0.1) is 12.8 Å². The average Bonchev–Trinajstić information content (AvgIpc) is 3.33. The number of ether oxygens (including phenoxy) is 1. The zero-order chi connectivity index (χ0) is 19.0. The van der Waals surface area contributed by atoms with Gasteiger partial charge in [-0.2, -0.15) is 0 Å². The van der Waals surface area contributed by atoms with Gasteiger partial charge >= 0.3 is 0 Å². The number of halogens is 2. The third-order valence-corrected chi connectivity index (χ3v) is 6.03. The first-order chi connectivity index (χ1) is 13.1. The Hall–Kier alpha value is -1.91. The van der Waals surface area contributed by atoms with Crippen LogP contribution >= 0.6 is 23.2 Å². The number of methoxy groups -OCH3 is 1. The molecule has 1 N–H and O–H groups in total.